The first-order valence-electron chi connectivity index (χ1n) is 5.64. The minimum atomic E-state index is -0.490. The van der Waals surface area contributed by atoms with Crippen molar-refractivity contribution in [2.24, 2.45) is 0 Å². The van der Waals surface area contributed by atoms with Gasteiger partial charge in [0.2, 0.25) is 5.79 Å². The Labute approximate surface area is 95.4 Å². The van der Waals surface area contributed by atoms with Crippen molar-refractivity contribution in [2.45, 2.75) is 39.1 Å². The van der Waals surface area contributed by atoms with Crippen LogP contribution >= 0.6 is 0 Å². The number of rotatable bonds is 3. The van der Waals surface area contributed by atoms with E-state index in [1.807, 2.05) is 26.0 Å². The van der Waals surface area contributed by atoms with E-state index in [4.69, 9.17) is 9.47 Å². The first-order chi connectivity index (χ1) is 7.73. The van der Waals surface area contributed by atoms with Gasteiger partial charge in [-0.15, -0.1) is 0 Å². The van der Waals surface area contributed by atoms with Crippen LogP contribution in [0.5, 0.6) is 5.75 Å². The lowest BCUT2D eigenvalue weighted by molar-refractivity contribution is -0.209. The Morgan fingerprint density at radius 2 is 2.12 bits per heavy atom. The minimum Gasteiger partial charge on any atom is -0.462 e. The Hall–Kier alpha value is -1.35. The molecule has 0 aliphatic carbocycles. The van der Waals surface area contributed by atoms with Crippen molar-refractivity contribution in [1.82, 2.24) is 0 Å². The van der Waals surface area contributed by atoms with E-state index in [0.717, 1.165) is 30.4 Å². The molecule has 0 fully saturated rings. The van der Waals surface area contributed by atoms with E-state index < -0.39 is 5.79 Å². The molecule has 0 atom stereocenters. The normalized spacial score (nSPS) is 17.4. The summed E-state index contributed by atoms with van der Waals surface area (Å²) in [5.74, 6) is 0.343. The van der Waals surface area contributed by atoms with Gasteiger partial charge in [0.05, 0.1) is 6.61 Å². The Morgan fingerprint density at radius 1 is 1.38 bits per heavy atom. The minimum absolute atomic E-state index is 0.490. The number of hydrogen-bond acceptors (Lipinski definition) is 3. The molecule has 1 aromatic carbocycles. The van der Waals surface area contributed by atoms with Gasteiger partial charge in [0.1, 0.15) is 12.0 Å². The molecule has 0 saturated carbocycles. The second-order valence-corrected chi connectivity index (χ2v) is 3.99. The zero-order valence-electron chi connectivity index (χ0n) is 9.66. The maximum Gasteiger partial charge on any atom is 0.210 e. The molecule has 0 bridgehead atoms. The molecule has 3 nitrogen and oxygen atoms in total. The van der Waals surface area contributed by atoms with Gasteiger partial charge in [0.25, 0.3) is 0 Å². The lowest BCUT2D eigenvalue weighted by atomic mass is 10.1. The quantitative estimate of drug-likeness (QED) is 0.735. The molecule has 1 aliphatic heterocycles. The number of carbonyl (C=O) groups excluding carboxylic acids is 1. The van der Waals surface area contributed by atoms with E-state index in [1.54, 1.807) is 6.07 Å². The third-order valence-corrected chi connectivity index (χ3v) is 3.08. The number of aldehydes is 1. The van der Waals surface area contributed by atoms with Crippen LogP contribution in [0.1, 0.15) is 42.6 Å². The van der Waals surface area contributed by atoms with E-state index in [-0.39, 0.29) is 0 Å². The first kappa shape index (κ1) is 11.1. The van der Waals surface area contributed by atoms with Crippen molar-refractivity contribution in [2.75, 3.05) is 0 Å². The number of ether oxygens (including phenoxy) is 2. The third kappa shape index (κ3) is 1.83. The summed E-state index contributed by atoms with van der Waals surface area (Å²) in [7, 11) is 0. The number of hydrogen-bond donors (Lipinski definition) is 0. The lowest BCUT2D eigenvalue weighted by Crippen LogP contribution is -2.40. The molecule has 0 amide bonds. The summed E-state index contributed by atoms with van der Waals surface area (Å²) in [5.41, 5.74) is 1.61. The van der Waals surface area contributed by atoms with Crippen molar-refractivity contribution in [3.8, 4) is 5.75 Å². The zero-order chi connectivity index (χ0) is 11.6. The van der Waals surface area contributed by atoms with Gasteiger partial charge >= 0.3 is 0 Å². The molecule has 2 rings (SSSR count). The highest BCUT2D eigenvalue weighted by atomic mass is 16.7. The van der Waals surface area contributed by atoms with E-state index in [9.17, 15) is 4.79 Å². The van der Waals surface area contributed by atoms with Crippen LogP contribution in [0.25, 0.3) is 0 Å². The van der Waals surface area contributed by atoms with Crippen LogP contribution in [0.2, 0.25) is 0 Å². The topological polar surface area (TPSA) is 35.5 Å². The van der Waals surface area contributed by atoms with Crippen molar-refractivity contribution in [3.63, 3.8) is 0 Å². The Bertz CT molecular complexity index is 394. The second kappa shape index (κ2) is 4.26. The van der Waals surface area contributed by atoms with Crippen molar-refractivity contribution >= 4 is 6.29 Å². The standard InChI is InChI=1S/C13H16O3/c1-3-13(4-2)15-9-11-7-10(8-14)5-6-12(11)16-13/h5-8H,3-4,9H2,1-2H3. The van der Waals surface area contributed by atoms with Gasteiger partial charge in [-0.05, 0) is 18.2 Å². The van der Waals surface area contributed by atoms with Gasteiger partial charge in [-0.3, -0.25) is 4.79 Å². The summed E-state index contributed by atoms with van der Waals surface area (Å²) in [6, 6.07) is 5.44. The molecule has 0 unspecified atom stereocenters. The van der Waals surface area contributed by atoms with Gasteiger partial charge in [-0.2, -0.15) is 0 Å². The van der Waals surface area contributed by atoms with E-state index in [1.165, 1.54) is 0 Å². The highest BCUT2D eigenvalue weighted by molar-refractivity contribution is 5.75. The maximum atomic E-state index is 10.7. The molecule has 0 N–H and O–H groups in total. The lowest BCUT2D eigenvalue weighted by Gasteiger charge is -2.37. The van der Waals surface area contributed by atoms with Crippen molar-refractivity contribution in [1.29, 1.82) is 0 Å². The summed E-state index contributed by atoms with van der Waals surface area (Å²) in [4.78, 5) is 10.7. The number of benzene rings is 1. The maximum absolute atomic E-state index is 10.7. The monoisotopic (exact) mass is 220 g/mol. The molecule has 0 saturated heterocycles. The van der Waals surface area contributed by atoms with Crippen LogP contribution in [0.4, 0.5) is 0 Å². The SMILES string of the molecule is CCC1(CC)OCc2cc(C=O)ccc2O1. The van der Waals surface area contributed by atoms with E-state index in [0.29, 0.717) is 12.2 Å². The second-order valence-electron chi connectivity index (χ2n) is 3.99. The Balaban J connectivity index is 2.31. The molecule has 0 spiro atoms. The average molecular weight is 220 g/mol. The largest absolute Gasteiger partial charge is 0.462 e. The van der Waals surface area contributed by atoms with Gasteiger partial charge in [-0.1, -0.05) is 13.8 Å². The molecular formula is C13H16O3. The first-order valence-corrected chi connectivity index (χ1v) is 5.64. The van der Waals surface area contributed by atoms with Crippen LogP contribution in [0, 0.1) is 0 Å². The summed E-state index contributed by atoms with van der Waals surface area (Å²) in [5, 5.41) is 0. The van der Waals surface area contributed by atoms with Gasteiger partial charge in [0.15, 0.2) is 0 Å². The number of carbonyl (C=O) groups is 1. The molecule has 3 heteroatoms. The number of fused-ring (bicyclic) bond motifs is 1. The van der Waals surface area contributed by atoms with E-state index in [2.05, 4.69) is 0 Å². The Morgan fingerprint density at radius 3 is 2.75 bits per heavy atom. The van der Waals surface area contributed by atoms with Gasteiger partial charge in [-0.25, -0.2) is 0 Å². The van der Waals surface area contributed by atoms with Crippen LogP contribution in [0.3, 0.4) is 0 Å². The molecule has 1 aromatic rings. The third-order valence-electron chi connectivity index (χ3n) is 3.08. The molecule has 1 heterocycles. The molecule has 0 radical (unpaired) electrons. The van der Waals surface area contributed by atoms with Gasteiger partial charge < -0.3 is 9.47 Å². The van der Waals surface area contributed by atoms with Crippen LogP contribution in [-0.4, -0.2) is 12.1 Å². The summed E-state index contributed by atoms with van der Waals surface area (Å²) < 4.78 is 11.6. The Kier molecular flexibility index (Phi) is 2.97. The van der Waals surface area contributed by atoms with Crippen LogP contribution in [-0.2, 0) is 11.3 Å². The van der Waals surface area contributed by atoms with Gasteiger partial charge in [0, 0.05) is 24.0 Å². The highest BCUT2D eigenvalue weighted by Gasteiger charge is 2.33. The molecule has 86 valence electrons. The summed E-state index contributed by atoms with van der Waals surface area (Å²) in [6.45, 7) is 4.61. The smallest absolute Gasteiger partial charge is 0.210 e. The van der Waals surface area contributed by atoms with Crippen LogP contribution < -0.4 is 4.74 Å². The highest BCUT2D eigenvalue weighted by Crippen LogP contribution is 2.35. The van der Waals surface area contributed by atoms with Crippen molar-refractivity contribution in [3.05, 3.63) is 29.3 Å². The fourth-order valence-electron chi connectivity index (χ4n) is 1.92. The van der Waals surface area contributed by atoms with E-state index >= 15 is 0 Å². The van der Waals surface area contributed by atoms with Crippen LogP contribution in [0.15, 0.2) is 18.2 Å². The fraction of sp³-hybridized carbons (Fsp3) is 0.462. The predicted molar refractivity (Wildman–Crippen MR) is 60.6 cm³/mol. The molecule has 0 aromatic heterocycles. The van der Waals surface area contributed by atoms with Crippen molar-refractivity contribution < 1.29 is 14.3 Å². The fourth-order valence-corrected chi connectivity index (χ4v) is 1.92. The average Bonchev–Trinajstić information content (AvgIpc) is 2.37. The predicted octanol–water partition coefficient (Wildman–Crippen LogP) is 2.92. The molecule has 1 aliphatic rings. The molecule has 16 heavy (non-hydrogen) atoms. The summed E-state index contributed by atoms with van der Waals surface area (Å²) >= 11 is 0. The molecular weight excluding hydrogens is 204 g/mol. The zero-order valence-corrected chi connectivity index (χ0v) is 9.66. The summed E-state index contributed by atoms with van der Waals surface area (Å²) in [6.07, 6.45) is 2.47.